The number of rotatable bonds is 10. The number of anilines is 1. The van der Waals surface area contributed by atoms with Gasteiger partial charge in [0.2, 0.25) is 5.91 Å². The minimum absolute atomic E-state index is 0.0265. The van der Waals surface area contributed by atoms with Gasteiger partial charge < -0.3 is 19.5 Å². The van der Waals surface area contributed by atoms with Crippen LogP contribution in [0.25, 0.3) is 0 Å². The molecule has 1 N–H and O–H groups in total. The van der Waals surface area contributed by atoms with Crippen molar-refractivity contribution in [3.8, 4) is 17.2 Å². The van der Waals surface area contributed by atoms with Gasteiger partial charge in [0, 0.05) is 19.0 Å². The fraction of sp³-hybridized carbons (Fsp3) is 0.480. The maximum atomic E-state index is 12.4. The number of likely N-dealkylation sites (tertiary alicyclic amines) is 1. The Morgan fingerprint density at radius 3 is 2.58 bits per heavy atom. The van der Waals surface area contributed by atoms with Gasteiger partial charge in [0.05, 0.1) is 26.5 Å². The molecule has 1 aliphatic rings. The third kappa shape index (κ3) is 6.89. The quantitative estimate of drug-likeness (QED) is 0.595. The van der Waals surface area contributed by atoms with Crippen LogP contribution < -0.4 is 19.5 Å². The number of hydrogen-bond acceptors (Lipinski definition) is 5. The van der Waals surface area contributed by atoms with E-state index in [0.717, 1.165) is 44.6 Å². The van der Waals surface area contributed by atoms with Crippen molar-refractivity contribution >= 4 is 11.6 Å². The van der Waals surface area contributed by atoms with Crippen LogP contribution in [-0.2, 0) is 11.3 Å². The second-order valence-corrected chi connectivity index (χ2v) is 7.95. The van der Waals surface area contributed by atoms with Gasteiger partial charge in [-0.2, -0.15) is 0 Å². The van der Waals surface area contributed by atoms with Crippen LogP contribution in [0.1, 0.15) is 38.2 Å². The van der Waals surface area contributed by atoms with Crippen LogP contribution in [0.5, 0.6) is 17.2 Å². The maximum Gasteiger partial charge on any atom is 0.224 e. The van der Waals surface area contributed by atoms with Crippen molar-refractivity contribution in [1.29, 1.82) is 0 Å². The van der Waals surface area contributed by atoms with E-state index in [1.165, 1.54) is 5.56 Å². The van der Waals surface area contributed by atoms with Crippen molar-refractivity contribution in [2.24, 2.45) is 5.92 Å². The van der Waals surface area contributed by atoms with Gasteiger partial charge in [-0.05, 0) is 75.0 Å². The Bertz CT molecular complexity index is 847. The first-order valence-corrected chi connectivity index (χ1v) is 11.1. The molecule has 6 nitrogen and oxygen atoms in total. The minimum atomic E-state index is 0.0265. The Morgan fingerprint density at radius 2 is 1.87 bits per heavy atom. The van der Waals surface area contributed by atoms with E-state index >= 15 is 0 Å². The summed E-state index contributed by atoms with van der Waals surface area (Å²) in [6.45, 7) is 5.78. The highest BCUT2D eigenvalue weighted by Crippen LogP contribution is 2.30. The van der Waals surface area contributed by atoms with Gasteiger partial charge in [-0.1, -0.05) is 12.1 Å². The molecule has 1 saturated heterocycles. The van der Waals surface area contributed by atoms with Gasteiger partial charge in [0.1, 0.15) is 17.2 Å². The van der Waals surface area contributed by atoms with E-state index < -0.39 is 0 Å². The molecule has 0 unspecified atom stereocenters. The molecule has 168 valence electrons. The molecule has 1 amide bonds. The number of nitrogens with zero attached hydrogens (tertiary/aromatic N) is 1. The fourth-order valence-electron chi connectivity index (χ4n) is 4.04. The monoisotopic (exact) mass is 426 g/mol. The number of piperidine rings is 1. The van der Waals surface area contributed by atoms with E-state index in [0.29, 0.717) is 36.1 Å². The average Bonchev–Trinajstić information content (AvgIpc) is 2.79. The first-order chi connectivity index (χ1) is 15.1. The number of methoxy groups -OCH3 is 2. The molecule has 2 aromatic carbocycles. The van der Waals surface area contributed by atoms with Crippen LogP contribution in [0.15, 0.2) is 42.5 Å². The lowest BCUT2D eigenvalue weighted by Gasteiger charge is -2.32. The zero-order valence-corrected chi connectivity index (χ0v) is 18.9. The Hall–Kier alpha value is -2.73. The number of benzene rings is 2. The average molecular weight is 427 g/mol. The predicted octanol–water partition coefficient (Wildman–Crippen LogP) is 4.73. The van der Waals surface area contributed by atoms with Crippen molar-refractivity contribution in [3.63, 3.8) is 0 Å². The molecule has 0 radical (unpaired) electrons. The van der Waals surface area contributed by atoms with Crippen molar-refractivity contribution in [3.05, 3.63) is 48.0 Å². The summed E-state index contributed by atoms with van der Waals surface area (Å²) in [6, 6.07) is 13.8. The molecule has 1 heterocycles. The first-order valence-electron chi connectivity index (χ1n) is 11.1. The molecule has 0 aliphatic carbocycles. The van der Waals surface area contributed by atoms with E-state index in [4.69, 9.17) is 14.2 Å². The van der Waals surface area contributed by atoms with Crippen molar-refractivity contribution < 1.29 is 19.0 Å². The highest BCUT2D eigenvalue weighted by Gasteiger charge is 2.20. The number of nitrogens with one attached hydrogen (secondary N) is 1. The summed E-state index contributed by atoms with van der Waals surface area (Å²) in [5.41, 5.74) is 1.97. The zero-order valence-electron chi connectivity index (χ0n) is 18.9. The largest absolute Gasteiger partial charge is 0.497 e. The normalized spacial score (nSPS) is 14.8. The number of ether oxygens (including phenoxy) is 3. The van der Waals surface area contributed by atoms with Gasteiger partial charge in [0.25, 0.3) is 0 Å². The molecule has 0 atom stereocenters. The van der Waals surface area contributed by atoms with Gasteiger partial charge in [0.15, 0.2) is 0 Å². The topological polar surface area (TPSA) is 60.0 Å². The Morgan fingerprint density at radius 1 is 1.06 bits per heavy atom. The van der Waals surface area contributed by atoms with Gasteiger partial charge >= 0.3 is 0 Å². The van der Waals surface area contributed by atoms with Crippen molar-refractivity contribution in [1.82, 2.24) is 4.90 Å². The van der Waals surface area contributed by atoms with Crippen molar-refractivity contribution in [2.45, 2.75) is 39.2 Å². The van der Waals surface area contributed by atoms with Crippen LogP contribution in [0.3, 0.4) is 0 Å². The second kappa shape index (κ2) is 11.6. The van der Waals surface area contributed by atoms with Crippen LogP contribution >= 0.6 is 0 Å². The molecule has 0 bridgehead atoms. The summed E-state index contributed by atoms with van der Waals surface area (Å²) in [6.07, 6.45) is 3.70. The van der Waals surface area contributed by atoms with Crippen molar-refractivity contribution in [2.75, 3.05) is 39.2 Å². The Labute approximate surface area is 185 Å². The van der Waals surface area contributed by atoms with Gasteiger partial charge in [-0.3, -0.25) is 9.69 Å². The van der Waals surface area contributed by atoms with Gasteiger partial charge in [-0.25, -0.2) is 0 Å². The van der Waals surface area contributed by atoms with Gasteiger partial charge in [-0.15, -0.1) is 0 Å². The minimum Gasteiger partial charge on any atom is -0.497 e. The molecule has 31 heavy (non-hydrogen) atoms. The molecular formula is C25H34N2O4. The summed E-state index contributed by atoms with van der Waals surface area (Å²) in [5, 5.41) is 2.97. The molecule has 2 aromatic rings. The summed E-state index contributed by atoms with van der Waals surface area (Å²) in [7, 11) is 3.20. The summed E-state index contributed by atoms with van der Waals surface area (Å²) < 4.78 is 16.2. The highest BCUT2D eigenvalue weighted by molar-refractivity contribution is 5.92. The predicted molar refractivity (Wildman–Crippen MR) is 123 cm³/mol. The van der Waals surface area contributed by atoms with E-state index in [-0.39, 0.29) is 5.91 Å². The number of carbonyl (C=O) groups is 1. The maximum absolute atomic E-state index is 12.4. The van der Waals surface area contributed by atoms with E-state index in [1.807, 2.05) is 25.1 Å². The summed E-state index contributed by atoms with van der Waals surface area (Å²) in [5.74, 6) is 2.86. The van der Waals surface area contributed by atoms with Crippen LogP contribution in [0.4, 0.5) is 5.69 Å². The number of hydrogen-bond donors (Lipinski definition) is 1. The fourth-order valence-corrected chi connectivity index (χ4v) is 4.04. The molecule has 0 saturated carbocycles. The number of amides is 1. The Balaban J connectivity index is 1.41. The molecule has 6 heteroatoms. The third-order valence-corrected chi connectivity index (χ3v) is 5.79. The molecule has 1 fully saturated rings. The van der Waals surface area contributed by atoms with Crippen LogP contribution in [-0.4, -0.2) is 44.7 Å². The third-order valence-electron chi connectivity index (χ3n) is 5.79. The first kappa shape index (κ1) is 22.9. The van der Waals surface area contributed by atoms with E-state index in [1.54, 1.807) is 20.3 Å². The molecular weight excluding hydrogens is 392 g/mol. The van der Waals surface area contributed by atoms with Crippen LogP contribution in [0.2, 0.25) is 0 Å². The Kier molecular flexibility index (Phi) is 8.59. The van der Waals surface area contributed by atoms with E-state index in [2.05, 4.69) is 28.4 Å². The van der Waals surface area contributed by atoms with E-state index in [9.17, 15) is 4.79 Å². The SMILES string of the molecule is CCOc1cccc(CN2CCC(CCC(=O)Nc3ccc(OC)cc3OC)CC2)c1. The molecule has 1 aliphatic heterocycles. The zero-order chi connectivity index (χ0) is 22.1. The molecule has 3 rings (SSSR count). The second-order valence-electron chi connectivity index (χ2n) is 7.95. The number of carbonyl (C=O) groups excluding carboxylic acids is 1. The standard InChI is InChI=1S/C25H34N2O4/c1-4-31-22-7-5-6-20(16-22)18-27-14-12-19(13-15-27)8-11-25(28)26-23-10-9-21(29-2)17-24(23)30-3/h5-7,9-10,16-17,19H,4,8,11-15,18H2,1-3H3,(H,26,28). The lowest BCUT2D eigenvalue weighted by molar-refractivity contribution is -0.116. The lowest BCUT2D eigenvalue weighted by Crippen LogP contribution is -2.33. The molecule has 0 aromatic heterocycles. The smallest absolute Gasteiger partial charge is 0.224 e. The summed E-state index contributed by atoms with van der Waals surface area (Å²) >= 11 is 0. The highest BCUT2D eigenvalue weighted by atomic mass is 16.5. The molecule has 0 spiro atoms. The van der Waals surface area contributed by atoms with Crippen LogP contribution in [0, 0.1) is 5.92 Å². The summed E-state index contributed by atoms with van der Waals surface area (Å²) in [4.78, 5) is 14.9. The lowest BCUT2D eigenvalue weighted by atomic mass is 9.92.